The minimum Gasteiger partial charge on any atom is -0.287 e. The summed E-state index contributed by atoms with van der Waals surface area (Å²) < 4.78 is 1.57. The minimum atomic E-state index is -0.0486. The molecule has 1 aromatic carbocycles. The molecule has 0 bridgehead atoms. The minimum absolute atomic E-state index is 0.0486. The van der Waals surface area contributed by atoms with E-state index in [1.165, 1.54) is 6.20 Å². The van der Waals surface area contributed by atoms with Crippen LogP contribution in [0.5, 0.6) is 0 Å². The summed E-state index contributed by atoms with van der Waals surface area (Å²) in [6.07, 6.45) is 4.97. The van der Waals surface area contributed by atoms with Crippen molar-refractivity contribution in [2.24, 2.45) is 0 Å². The number of aromatic nitrogens is 3. The molecule has 0 spiro atoms. The lowest BCUT2D eigenvalue weighted by atomic mass is 10.1. The summed E-state index contributed by atoms with van der Waals surface area (Å²) >= 11 is 0. The second-order valence-electron chi connectivity index (χ2n) is 4.24. The molecule has 2 rings (SSSR count). The first-order valence-corrected chi connectivity index (χ1v) is 6.46. The lowest BCUT2D eigenvalue weighted by Crippen LogP contribution is -2.07. The molecule has 1 aromatic heterocycles. The zero-order chi connectivity index (χ0) is 13.7. The first kappa shape index (κ1) is 13.2. The zero-order valence-corrected chi connectivity index (χ0v) is 11.2. The highest BCUT2D eigenvalue weighted by Gasteiger charge is 2.12. The van der Waals surface area contributed by atoms with Crippen molar-refractivity contribution in [1.82, 2.24) is 15.0 Å². The van der Waals surface area contributed by atoms with Gasteiger partial charge >= 0.3 is 0 Å². The fraction of sp³-hybridized carbons (Fsp3) is 0.267. The maximum Gasteiger partial charge on any atom is 0.205 e. The highest BCUT2D eigenvalue weighted by molar-refractivity contribution is 6.03. The van der Waals surface area contributed by atoms with Crippen molar-refractivity contribution in [2.75, 3.05) is 0 Å². The van der Waals surface area contributed by atoms with E-state index in [1.54, 1.807) is 10.8 Å². The molecule has 0 atom stereocenters. The van der Waals surface area contributed by atoms with Crippen LogP contribution in [-0.4, -0.2) is 20.8 Å². The van der Waals surface area contributed by atoms with Gasteiger partial charge in [-0.25, -0.2) is 4.68 Å². The molecule has 0 aliphatic heterocycles. The van der Waals surface area contributed by atoms with E-state index in [0.717, 1.165) is 24.1 Å². The van der Waals surface area contributed by atoms with Gasteiger partial charge in [0.15, 0.2) is 0 Å². The number of carbonyl (C=O) groups excluding carboxylic acids is 1. The third-order valence-corrected chi connectivity index (χ3v) is 3.05. The van der Waals surface area contributed by atoms with Gasteiger partial charge in [-0.3, -0.25) is 4.79 Å². The molecule has 0 aliphatic rings. The molecule has 0 saturated heterocycles. The van der Waals surface area contributed by atoms with Crippen LogP contribution in [0.15, 0.2) is 48.2 Å². The van der Waals surface area contributed by atoms with E-state index in [0.29, 0.717) is 5.69 Å². The number of hydrogen-bond donors (Lipinski definition) is 0. The summed E-state index contributed by atoms with van der Waals surface area (Å²) in [5, 5.41) is 7.82. The van der Waals surface area contributed by atoms with Gasteiger partial charge in [0.05, 0.1) is 11.9 Å². The molecule has 98 valence electrons. The second kappa shape index (κ2) is 6.09. The van der Waals surface area contributed by atoms with Crippen molar-refractivity contribution >= 4 is 5.78 Å². The van der Waals surface area contributed by atoms with Crippen molar-refractivity contribution < 1.29 is 4.79 Å². The fourth-order valence-corrected chi connectivity index (χ4v) is 1.88. The van der Waals surface area contributed by atoms with Gasteiger partial charge in [-0.2, -0.15) is 0 Å². The number of para-hydroxylation sites is 1. The third-order valence-electron chi connectivity index (χ3n) is 3.05. The summed E-state index contributed by atoms with van der Waals surface area (Å²) in [5.41, 5.74) is 2.46. The molecule has 0 saturated carbocycles. The van der Waals surface area contributed by atoms with Crippen LogP contribution >= 0.6 is 0 Å². The van der Waals surface area contributed by atoms with Crippen LogP contribution in [-0.2, 0) is 0 Å². The van der Waals surface area contributed by atoms with Gasteiger partial charge in [0, 0.05) is 0 Å². The zero-order valence-electron chi connectivity index (χ0n) is 11.2. The van der Waals surface area contributed by atoms with Gasteiger partial charge in [-0.15, -0.1) is 5.10 Å². The van der Waals surface area contributed by atoms with Gasteiger partial charge in [0.1, 0.15) is 5.69 Å². The molecule has 19 heavy (non-hydrogen) atoms. The van der Waals surface area contributed by atoms with Crippen LogP contribution in [0, 0.1) is 0 Å². The Morgan fingerprint density at radius 2 is 1.89 bits per heavy atom. The van der Waals surface area contributed by atoms with Gasteiger partial charge in [-0.05, 0) is 31.1 Å². The Morgan fingerprint density at radius 1 is 1.21 bits per heavy atom. The summed E-state index contributed by atoms with van der Waals surface area (Å²) in [7, 11) is 0. The maximum absolute atomic E-state index is 12.3. The molecule has 4 nitrogen and oxygen atoms in total. The van der Waals surface area contributed by atoms with Crippen LogP contribution in [0.2, 0.25) is 0 Å². The molecule has 0 fully saturated rings. The van der Waals surface area contributed by atoms with Gasteiger partial charge in [0.25, 0.3) is 0 Å². The smallest absolute Gasteiger partial charge is 0.205 e. The van der Waals surface area contributed by atoms with Gasteiger partial charge < -0.3 is 0 Å². The van der Waals surface area contributed by atoms with Gasteiger partial charge in [0.2, 0.25) is 5.78 Å². The predicted octanol–water partition coefficient (Wildman–Crippen LogP) is 3.20. The Bertz CT molecular complexity index is 578. The van der Waals surface area contributed by atoms with Crippen molar-refractivity contribution in [2.45, 2.75) is 26.7 Å². The van der Waals surface area contributed by atoms with Crippen molar-refractivity contribution in [3.63, 3.8) is 0 Å². The number of rotatable bonds is 5. The van der Waals surface area contributed by atoms with Crippen LogP contribution in [0.3, 0.4) is 0 Å². The topological polar surface area (TPSA) is 47.8 Å². The van der Waals surface area contributed by atoms with Crippen molar-refractivity contribution in [1.29, 1.82) is 0 Å². The van der Waals surface area contributed by atoms with Crippen LogP contribution in [0.1, 0.15) is 37.2 Å². The summed E-state index contributed by atoms with van der Waals surface area (Å²) in [4.78, 5) is 12.3. The number of allylic oxidation sites excluding steroid dienone is 2. The second-order valence-corrected chi connectivity index (χ2v) is 4.24. The van der Waals surface area contributed by atoms with Crippen LogP contribution < -0.4 is 0 Å². The molecule has 2 aromatic rings. The van der Waals surface area contributed by atoms with E-state index in [4.69, 9.17) is 0 Å². The summed E-state index contributed by atoms with van der Waals surface area (Å²) in [6.45, 7) is 4.10. The first-order chi connectivity index (χ1) is 9.26. The summed E-state index contributed by atoms with van der Waals surface area (Å²) in [5.74, 6) is -0.0486. The van der Waals surface area contributed by atoms with Crippen molar-refractivity contribution in [3.8, 4) is 5.69 Å². The molecule has 4 heteroatoms. The maximum atomic E-state index is 12.3. The normalized spacial score (nSPS) is 10.2. The third kappa shape index (κ3) is 2.96. The van der Waals surface area contributed by atoms with Crippen molar-refractivity contribution in [3.05, 3.63) is 53.9 Å². The molecular formula is C15H17N3O. The van der Waals surface area contributed by atoms with E-state index >= 15 is 0 Å². The van der Waals surface area contributed by atoms with E-state index in [1.807, 2.05) is 30.3 Å². The Hall–Kier alpha value is -2.23. The average molecular weight is 255 g/mol. The number of benzene rings is 1. The molecule has 0 N–H and O–H groups in total. The van der Waals surface area contributed by atoms with Crippen LogP contribution in [0.4, 0.5) is 0 Å². The Balaban J connectivity index is 2.35. The molecule has 0 amide bonds. The fourth-order valence-electron chi connectivity index (χ4n) is 1.88. The number of nitrogens with zero attached hydrogens (tertiary/aromatic N) is 3. The predicted molar refractivity (Wildman–Crippen MR) is 74.4 cm³/mol. The quantitative estimate of drug-likeness (QED) is 0.609. The Labute approximate surface area is 112 Å². The summed E-state index contributed by atoms with van der Waals surface area (Å²) in [6, 6.07) is 9.54. The van der Waals surface area contributed by atoms with E-state index in [-0.39, 0.29) is 5.78 Å². The number of ketones is 1. The monoisotopic (exact) mass is 255 g/mol. The Kier molecular flexibility index (Phi) is 4.23. The molecule has 1 heterocycles. The van der Waals surface area contributed by atoms with E-state index < -0.39 is 0 Å². The van der Waals surface area contributed by atoms with E-state index in [2.05, 4.69) is 24.2 Å². The molecule has 0 unspecified atom stereocenters. The molecule has 0 radical (unpaired) electrons. The SMILES string of the molecule is CCC(=CC(=O)c1cnnn1-c1ccccc1)CC. The lowest BCUT2D eigenvalue weighted by molar-refractivity contribution is 0.103. The highest BCUT2D eigenvalue weighted by Crippen LogP contribution is 2.12. The largest absolute Gasteiger partial charge is 0.287 e. The Morgan fingerprint density at radius 3 is 2.53 bits per heavy atom. The molecular weight excluding hydrogens is 238 g/mol. The average Bonchev–Trinajstić information content (AvgIpc) is 2.95. The highest BCUT2D eigenvalue weighted by atomic mass is 16.1. The first-order valence-electron chi connectivity index (χ1n) is 6.46. The number of carbonyl (C=O) groups is 1. The lowest BCUT2D eigenvalue weighted by Gasteiger charge is -2.04. The number of hydrogen-bond acceptors (Lipinski definition) is 3. The van der Waals surface area contributed by atoms with E-state index in [9.17, 15) is 4.79 Å². The molecule has 0 aliphatic carbocycles. The van der Waals surface area contributed by atoms with Crippen LogP contribution in [0.25, 0.3) is 5.69 Å². The standard InChI is InChI=1S/C15H17N3O/c1-3-12(4-2)10-15(19)14-11-16-17-18(14)13-8-6-5-7-9-13/h5-11H,3-4H2,1-2H3. The van der Waals surface area contributed by atoms with Gasteiger partial charge in [-0.1, -0.05) is 42.8 Å².